The quantitative estimate of drug-likeness (QED) is 0.832. The molecule has 1 aromatic carbocycles. The average molecular weight is 326 g/mol. The third kappa shape index (κ3) is 4.78. The molecular formula is C19H26N4O. The lowest BCUT2D eigenvalue weighted by molar-refractivity contribution is 0.0749. The van der Waals surface area contributed by atoms with Gasteiger partial charge in [-0.1, -0.05) is 19.9 Å². The van der Waals surface area contributed by atoms with Crippen LogP contribution in [-0.4, -0.2) is 33.9 Å². The van der Waals surface area contributed by atoms with Gasteiger partial charge in [0, 0.05) is 24.8 Å². The molecule has 2 rings (SSSR count). The van der Waals surface area contributed by atoms with Gasteiger partial charge in [0.15, 0.2) is 0 Å². The zero-order valence-electron chi connectivity index (χ0n) is 15.0. The number of carbonyl (C=O) groups excluding carboxylic acids is 1. The largest absolute Gasteiger partial charge is 0.340 e. The fraction of sp³-hybridized carbons (Fsp3) is 0.421. The molecule has 1 aromatic heterocycles. The van der Waals surface area contributed by atoms with Crippen LogP contribution in [0, 0.1) is 13.8 Å². The topological polar surface area (TPSA) is 58.1 Å². The summed E-state index contributed by atoms with van der Waals surface area (Å²) in [7, 11) is 0. The summed E-state index contributed by atoms with van der Waals surface area (Å²) in [4.78, 5) is 22.9. The number of rotatable bonds is 7. The molecule has 5 nitrogen and oxygen atoms in total. The highest BCUT2D eigenvalue weighted by Gasteiger charge is 2.16. The molecule has 128 valence electrons. The average Bonchev–Trinajstić information content (AvgIpc) is 2.53. The summed E-state index contributed by atoms with van der Waals surface area (Å²) in [6.45, 7) is 9.75. The van der Waals surface area contributed by atoms with Gasteiger partial charge in [0.25, 0.3) is 5.91 Å². The van der Waals surface area contributed by atoms with Gasteiger partial charge in [0.2, 0.25) is 0 Å². The van der Waals surface area contributed by atoms with Crippen LogP contribution in [0.3, 0.4) is 0 Å². The molecule has 0 atom stereocenters. The zero-order valence-corrected chi connectivity index (χ0v) is 15.0. The van der Waals surface area contributed by atoms with Gasteiger partial charge >= 0.3 is 0 Å². The number of amides is 1. The smallest absolute Gasteiger partial charge is 0.272 e. The van der Waals surface area contributed by atoms with E-state index in [0.29, 0.717) is 11.5 Å². The first-order valence-corrected chi connectivity index (χ1v) is 8.50. The molecule has 24 heavy (non-hydrogen) atoms. The molecule has 0 fully saturated rings. The lowest BCUT2D eigenvalue weighted by Gasteiger charge is -2.21. The molecule has 0 saturated carbocycles. The second-order valence-corrected chi connectivity index (χ2v) is 6.08. The molecule has 0 aliphatic rings. The molecule has 0 spiro atoms. The van der Waals surface area contributed by atoms with E-state index >= 15 is 0 Å². The van der Waals surface area contributed by atoms with Crippen molar-refractivity contribution in [3.63, 3.8) is 0 Å². The molecular weight excluding hydrogens is 300 g/mol. The number of aryl methyl sites for hydroxylation is 2. The van der Waals surface area contributed by atoms with E-state index in [-0.39, 0.29) is 5.91 Å². The molecule has 0 bridgehead atoms. The predicted octanol–water partition coefficient (Wildman–Crippen LogP) is 4.10. The van der Waals surface area contributed by atoms with Crippen molar-refractivity contribution in [1.29, 1.82) is 0 Å². The molecule has 1 amide bonds. The summed E-state index contributed by atoms with van der Waals surface area (Å²) < 4.78 is 0. The Balaban J connectivity index is 2.20. The molecule has 0 aliphatic carbocycles. The molecule has 0 aliphatic heterocycles. The summed E-state index contributed by atoms with van der Waals surface area (Å²) in [6.07, 6.45) is 3.31. The minimum atomic E-state index is -0.0374. The van der Waals surface area contributed by atoms with Gasteiger partial charge in [-0.05, 0) is 49.9 Å². The Morgan fingerprint density at radius 2 is 1.62 bits per heavy atom. The van der Waals surface area contributed by atoms with Crippen LogP contribution in [-0.2, 0) is 0 Å². The third-order valence-corrected chi connectivity index (χ3v) is 3.65. The van der Waals surface area contributed by atoms with Crippen LogP contribution < -0.4 is 5.32 Å². The highest BCUT2D eigenvalue weighted by atomic mass is 16.2. The number of aromatic nitrogens is 2. The highest BCUT2D eigenvalue weighted by molar-refractivity contribution is 5.93. The van der Waals surface area contributed by atoms with E-state index in [1.165, 1.54) is 17.5 Å². The number of carbonyl (C=O) groups is 1. The molecule has 1 N–H and O–H groups in total. The number of anilines is 2. The summed E-state index contributed by atoms with van der Waals surface area (Å²) in [5.41, 5.74) is 3.75. The minimum absolute atomic E-state index is 0.0374. The van der Waals surface area contributed by atoms with Crippen molar-refractivity contribution >= 4 is 17.4 Å². The van der Waals surface area contributed by atoms with Gasteiger partial charge in [-0.25, -0.2) is 9.97 Å². The van der Waals surface area contributed by atoms with E-state index in [1.54, 1.807) is 6.07 Å². The number of hydrogen-bond acceptors (Lipinski definition) is 4. The summed E-state index contributed by atoms with van der Waals surface area (Å²) in [5, 5.41) is 3.26. The van der Waals surface area contributed by atoms with Crippen molar-refractivity contribution in [3.05, 3.63) is 47.4 Å². The van der Waals surface area contributed by atoms with Crippen molar-refractivity contribution in [1.82, 2.24) is 14.9 Å². The SMILES string of the molecule is CCCN(CCC)C(=O)c1cc(Nc2cc(C)cc(C)c2)ncn1. The van der Waals surface area contributed by atoms with Crippen LogP contribution >= 0.6 is 0 Å². The Hall–Kier alpha value is -2.43. The molecule has 0 unspecified atom stereocenters. The maximum atomic E-state index is 12.6. The van der Waals surface area contributed by atoms with E-state index in [2.05, 4.69) is 61.2 Å². The van der Waals surface area contributed by atoms with E-state index in [4.69, 9.17) is 0 Å². The van der Waals surface area contributed by atoms with Crippen LogP contribution in [0.4, 0.5) is 11.5 Å². The van der Waals surface area contributed by atoms with Crippen LogP contribution in [0.15, 0.2) is 30.6 Å². The molecule has 0 saturated heterocycles. The maximum Gasteiger partial charge on any atom is 0.272 e. The molecule has 2 aromatic rings. The van der Waals surface area contributed by atoms with Crippen molar-refractivity contribution in [2.24, 2.45) is 0 Å². The van der Waals surface area contributed by atoms with Crippen molar-refractivity contribution in [2.45, 2.75) is 40.5 Å². The van der Waals surface area contributed by atoms with Crippen molar-refractivity contribution in [2.75, 3.05) is 18.4 Å². The summed E-state index contributed by atoms with van der Waals surface area (Å²) in [5.74, 6) is 0.593. The molecule has 1 heterocycles. The second kappa shape index (κ2) is 8.43. The molecule has 0 radical (unpaired) electrons. The Bertz CT molecular complexity index is 673. The number of nitrogens with zero attached hydrogens (tertiary/aromatic N) is 3. The fourth-order valence-electron chi connectivity index (χ4n) is 2.75. The Morgan fingerprint density at radius 3 is 2.21 bits per heavy atom. The Labute approximate surface area is 144 Å². The van der Waals surface area contributed by atoms with Gasteiger partial charge in [0.1, 0.15) is 17.8 Å². The van der Waals surface area contributed by atoms with E-state index in [1.807, 2.05) is 4.90 Å². The Kier molecular flexibility index (Phi) is 6.29. The normalized spacial score (nSPS) is 10.5. The summed E-state index contributed by atoms with van der Waals surface area (Å²) in [6, 6.07) is 7.94. The van der Waals surface area contributed by atoms with Crippen molar-refractivity contribution in [3.8, 4) is 0 Å². The summed E-state index contributed by atoms with van der Waals surface area (Å²) >= 11 is 0. The van der Waals surface area contributed by atoms with E-state index in [9.17, 15) is 4.79 Å². The van der Waals surface area contributed by atoms with Crippen LogP contribution in [0.2, 0.25) is 0 Å². The first kappa shape index (κ1) is 17.9. The Morgan fingerprint density at radius 1 is 1.00 bits per heavy atom. The number of benzene rings is 1. The third-order valence-electron chi connectivity index (χ3n) is 3.65. The van der Waals surface area contributed by atoms with Gasteiger partial charge in [-0.2, -0.15) is 0 Å². The predicted molar refractivity (Wildman–Crippen MR) is 97.7 cm³/mol. The van der Waals surface area contributed by atoms with Crippen LogP contribution in [0.1, 0.15) is 48.3 Å². The lowest BCUT2D eigenvalue weighted by Crippen LogP contribution is -2.33. The molecule has 5 heteroatoms. The second-order valence-electron chi connectivity index (χ2n) is 6.08. The minimum Gasteiger partial charge on any atom is -0.340 e. The number of hydrogen-bond donors (Lipinski definition) is 1. The van der Waals surface area contributed by atoms with E-state index < -0.39 is 0 Å². The first-order chi connectivity index (χ1) is 11.5. The first-order valence-electron chi connectivity index (χ1n) is 8.50. The van der Waals surface area contributed by atoms with E-state index in [0.717, 1.165) is 31.6 Å². The zero-order chi connectivity index (χ0) is 17.5. The maximum absolute atomic E-state index is 12.6. The fourth-order valence-corrected chi connectivity index (χ4v) is 2.75. The van der Waals surface area contributed by atoms with Crippen LogP contribution in [0.25, 0.3) is 0 Å². The number of nitrogens with one attached hydrogen (secondary N) is 1. The van der Waals surface area contributed by atoms with Gasteiger partial charge in [-0.3, -0.25) is 4.79 Å². The van der Waals surface area contributed by atoms with Crippen LogP contribution in [0.5, 0.6) is 0 Å². The van der Waals surface area contributed by atoms with Gasteiger partial charge in [0.05, 0.1) is 0 Å². The van der Waals surface area contributed by atoms with Gasteiger partial charge in [-0.15, -0.1) is 0 Å². The standard InChI is InChI=1S/C19H26N4O/c1-5-7-23(8-6-2)19(24)17-12-18(21-13-20-17)22-16-10-14(3)9-15(4)11-16/h9-13H,5-8H2,1-4H3,(H,20,21,22). The highest BCUT2D eigenvalue weighted by Crippen LogP contribution is 2.18. The van der Waals surface area contributed by atoms with Crippen molar-refractivity contribution < 1.29 is 4.79 Å². The lowest BCUT2D eigenvalue weighted by atomic mass is 10.1. The monoisotopic (exact) mass is 326 g/mol. The van der Waals surface area contributed by atoms with Gasteiger partial charge < -0.3 is 10.2 Å².